The smallest absolute Gasteiger partial charge is 0.244 e. The van der Waals surface area contributed by atoms with E-state index in [0.29, 0.717) is 18.0 Å². The second-order valence-electron chi connectivity index (χ2n) is 10.2. The first-order valence-corrected chi connectivity index (χ1v) is 15.8. The molecule has 3 rings (SSSR count). The summed E-state index contributed by atoms with van der Waals surface area (Å²) in [4.78, 5) is 29.3. The second-order valence-corrected chi connectivity index (χ2v) is 12.1. The van der Waals surface area contributed by atoms with Gasteiger partial charge in [0.05, 0.1) is 18.6 Å². The highest BCUT2D eigenvalue weighted by atomic mass is 32.2. The Bertz CT molecular complexity index is 1380. The minimum atomic E-state index is -3.83. The monoisotopic (exact) mass is 579 g/mol. The molecule has 0 spiro atoms. The Hall–Kier alpha value is -3.85. The van der Waals surface area contributed by atoms with Crippen LogP contribution in [0.1, 0.15) is 43.9 Å². The van der Waals surface area contributed by atoms with Crippen LogP contribution in [0.3, 0.4) is 0 Å². The molecule has 0 aliphatic rings. The Labute approximate surface area is 244 Å². The van der Waals surface area contributed by atoms with Gasteiger partial charge in [-0.2, -0.15) is 0 Å². The van der Waals surface area contributed by atoms with Gasteiger partial charge in [0.2, 0.25) is 21.8 Å². The maximum atomic E-state index is 14.1. The van der Waals surface area contributed by atoms with Gasteiger partial charge in [-0.1, -0.05) is 67.1 Å². The third kappa shape index (κ3) is 9.35. The minimum Gasteiger partial charge on any atom is -0.494 e. The van der Waals surface area contributed by atoms with E-state index in [1.807, 2.05) is 82.3 Å². The van der Waals surface area contributed by atoms with Gasteiger partial charge in [-0.3, -0.25) is 13.9 Å². The average molecular weight is 580 g/mol. The summed E-state index contributed by atoms with van der Waals surface area (Å²) in [6.45, 7) is 7.90. The first kappa shape index (κ1) is 31.7. The lowest BCUT2D eigenvalue weighted by molar-refractivity contribution is -0.140. The molecule has 1 N–H and O–H groups in total. The Morgan fingerprint density at radius 3 is 2.10 bits per heavy atom. The number of hydrogen-bond donors (Lipinski definition) is 1. The fraction of sp³-hybridized carbons (Fsp3) is 0.375. The van der Waals surface area contributed by atoms with Crippen LogP contribution in [0.2, 0.25) is 0 Å². The average Bonchev–Trinajstić information content (AvgIpc) is 2.95. The SMILES string of the molecule is CCOc1ccc(N(CC(=O)N(Cc2ccc(C)cc2)C(Cc2ccccc2)C(=O)NC(C)CC)S(C)(=O)=O)cc1. The predicted molar refractivity (Wildman–Crippen MR) is 163 cm³/mol. The first-order valence-electron chi connectivity index (χ1n) is 13.9. The van der Waals surface area contributed by atoms with Gasteiger partial charge in [0.15, 0.2) is 0 Å². The van der Waals surface area contributed by atoms with Gasteiger partial charge in [0.1, 0.15) is 18.3 Å². The van der Waals surface area contributed by atoms with E-state index in [2.05, 4.69) is 5.32 Å². The molecule has 0 saturated heterocycles. The third-order valence-electron chi connectivity index (χ3n) is 6.86. The fourth-order valence-electron chi connectivity index (χ4n) is 4.37. The van der Waals surface area contributed by atoms with Crippen LogP contribution in [-0.2, 0) is 32.6 Å². The summed E-state index contributed by atoms with van der Waals surface area (Å²) in [5.74, 6) is -0.164. The van der Waals surface area contributed by atoms with Crippen molar-refractivity contribution < 1.29 is 22.7 Å². The lowest BCUT2D eigenvalue weighted by atomic mass is 10.0. The van der Waals surface area contributed by atoms with Crippen LogP contribution in [-0.4, -0.2) is 56.6 Å². The number of benzene rings is 3. The molecule has 0 aromatic heterocycles. The Kier molecular flexibility index (Phi) is 11.3. The van der Waals surface area contributed by atoms with Crippen LogP contribution in [0.4, 0.5) is 5.69 Å². The molecule has 2 amide bonds. The maximum absolute atomic E-state index is 14.1. The highest BCUT2D eigenvalue weighted by Gasteiger charge is 2.33. The van der Waals surface area contributed by atoms with Crippen molar-refractivity contribution in [1.82, 2.24) is 10.2 Å². The van der Waals surface area contributed by atoms with Crippen molar-refractivity contribution in [2.45, 2.75) is 59.2 Å². The molecule has 220 valence electrons. The zero-order chi connectivity index (χ0) is 30.0. The zero-order valence-corrected chi connectivity index (χ0v) is 25.4. The number of carbonyl (C=O) groups is 2. The van der Waals surface area contributed by atoms with Crippen molar-refractivity contribution >= 4 is 27.5 Å². The van der Waals surface area contributed by atoms with E-state index in [-0.39, 0.29) is 24.9 Å². The molecule has 2 unspecified atom stereocenters. The number of ether oxygens (including phenoxy) is 1. The molecular formula is C32H41N3O5S. The molecule has 9 heteroatoms. The van der Waals surface area contributed by atoms with Crippen molar-refractivity contribution in [3.63, 3.8) is 0 Å². The zero-order valence-electron chi connectivity index (χ0n) is 24.5. The lowest BCUT2D eigenvalue weighted by Gasteiger charge is -2.34. The molecule has 0 bridgehead atoms. The minimum absolute atomic E-state index is 0.0894. The Morgan fingerprint density at radius 2 is 1.54 bits per heavy atom. The van der Waals surface area contributed by atoms with Crippen molar-refractivity contribution in [1.29, 1.82) is 0 Å². The number of nitrogens with zero attached hydrogens (tertiary/aromatic N) is 2. The number of carbonyl (C=O) groups excluding carboxylic acids is 2. The largest absolute Gasteiger partial charge is 0.494 e. The van der Waals surface area contributed by atoms with E-state index in [9.17, 15) is 18.0 Å². The normalized spacial score (nSPS) is 12.7. The van der Waals surface area contributed by atoms with E-state index < -0.39 is 28.5 Å². The summed E-state index contributed by atoms with van der Waals surface area (Å²) in [5.41, 5.74) is 3.14. The molecule has 0 fully saturated rings. The van der Waals surface area contributed by atoms with Crippen molar-refractivity contribution in [2.75, 3.05) is 23.7 Å². The molecule has 41 heavy (non-hydrogen) atoms. The molecular weight excluding hydrogens is 538 g/mol. The summed E-state index contributed by atoms with van der Waals surface area (Å²) >= 11 is 0. The lowest BCUT2D eigenvalue weighted by Crippen LogP contribution is -2.54. The molecule has 2 atom stereocenters. The summed E-state index contributed by atoms with van der Waals surface area (Å²) < 4.78 is 32.4. The summed E-state index contributed by atoms with van der Waals surface area (Å²) in [5, 5.41) is 3.03. The van der Waals surface area contributed by atoms with Crippen molar-refractivity contribution in [3.8, 4) is 5.75 Å². The first-order chi connectivity index (χ1) is 19.5. The number of anilines is 1. The van der Waals surface area contributed by atoms with E-state index in [1.165, 1.54) is 4.90 Å². The van der Waals surface area contributed by atoms with Gasteiger partial charge in [-0.15, -0.1) is 0 Å². The van der Waals surface area contributed by atoms with Crippen molar-refractivity contribution in [2.24, 2.45) is 0 Å². The second kappa shape index (κ2) is 14.7. The van der Waals surface area contributed by atoms with Crippen LogP contribution < -0.4 is 14.4 Å². The highest BCUT2D eigenvalue weighted by Crippen LogP contribution is 2.23. The maximum Gasteiger partial charge on any atom is 0.244 e. The molecule has 0 aliphatic heterocycles. The quantitative estimate of drug-likeness (QED) is 0.298. The van der Waals surface area contributed by atoms with Crippen LogP contribution in [0.25, 0.3) is 0 Å². The predicted octanol–water partition coefficient (Wildman–Crippen LogP) is 4.71. The van der Waals surface area contributed by atoms with Gasteiger partial charge in [-0.05, 0) is 62.6 Å². The van der Waals surface area contributed by atoms with Crippen LogP contribution in [0.5, 0.6) is 5.75 Å². The van der Waals surface area contributed by atoms with Crippen molar-refractivity contribution in [3.05, 3.63) is 95.6 Å². The summed E-state index contributed by atoms with van der Waals surface area (Å²) in [6, 6.07) is 22.9. The fourth-order valence-corrected chi connectivity index (χ4v) is 5.22. The standard InChI is InChI=1S/C32H41N3O5S/c1-6-25(4)33-32(37)30(21-26-11-9-8-10-12-26)34(22-27-15-13-24(3)14-16-27)31(36)23-35(41(5,38)39)28-17-19-29(20-18-28)40-7-2/h8-20,25,30H,6-7,21-23H2,1-5H3,(H,33,37). The number of aryl methyl sites for hydroxylation is 1. The molecule has 0 radical (unpaired) electrons. The number of nitrogens with one attached hydrogen (secondary N) is 1. The number of sulfonamides is 1. The van der Waals surface area contributed by atoms with Crippen LogP contribution in [0.15, 0.2) is 78.9 Å². The van der Waals surface area contributed by atoms with E-state index >= 15 is 0 Å². The molecule has 8 nitrogen and oxygen atoms in total. The van der Waals surface area contributed by atoms with Gasteiger partial charge in [-0.25, -0.2) is 8.42 Å². The Balaban J connectivity index is 2.03. The van der Waals surface area contributed by atoms with Gasteiger partial charge >= 0.3 is 0 Å². The van der Waals surface area contributed by atoms with Gasteiger partial charge in [0.25, 0.3) is 0 Å². The summed E-state index contributed by atoms with van der Waals surface area (Å²) in [6.07, 6.45) is 2.08. The van der Waals surface area contributed by atoms with Gasteiger partial charge in [0, 0.05) is 19.0 Å². The number of hydrogen-bond acceptors (Lipinski definition) is 5. The molecule has 0 aliphatic carbocycles. The summed E-state index contributed by atoms with van der Waals surface area (Å²) in [7, 11) is -3.83. The molecule has 0 saturated carbocycles. The van der Waals surface area contributed by atoms with E-state index in [1.54, 1.807) is 24.3 Å². The highest BCUT2D eigenvalue weighted by molar-refractivity contribution is 7.92. The molecule has 0 heterocycles. The van der Waals surface area contributed by atoms with Crippen LogP contribution >= 0.6 is 0 Å². The molecule has 3 aromatic rings. The Morgan fingerprint density at radius 1 is 0.902 bits per heavy atom. The number of rotatable bonds is 14. The van der Waals surface area contributed by atoms with Crippen LogP contribution in [0, 0.1) is 6.92 Å². The van der Waals surface area contributed by atoms with E-state index in [0.717, 1.165) is 33.7 Å². The third-order valence-corrected chi connectivity index (χ3v) is 8.00. The molecule has 3 aromatic carbocycles. The van der Waals surface area contributed by atoms with Gasteiger partial charge < -0.3 is 15.0 Å². The number of amides is 2. The topological polar surface area (TPSA) is 96.0 Å². The van der Waals surface area contributed by atoms with E-state index in [4.69, 9.17) is 4.74 Å².